The molecule has 4 rings (SSSR count). The molecule has 0 spiro atoms. The van der Waals surface area contributed by atoms with Crippen molar-refractivity contribution in [1.29, 1.82) is 0 Å². The first kappa shape index (κ1) is 17.0. The fraction of sp³-hybridized carbons (Fsp3) is 0.444. The van der Waals surface area contributed by atoms with Crippen molar-refractivity contribution in [3.63, 3.8) is 0 Å². The third-order valence-corrected chi connectivity index (χ3v) is 5.21. The van der Waals surface area contributed by atoms with Crippen LogP contribution in [0, 0.1) is 0 Å². The van der Waals surface area contributed by atoms with Gasteiger partial charge in [-0.05, 0) is 44.2 Å². The molecule has 1 atom stereocenters. The number of hydrogen-bond acceptors (Lipinski definition) is 4. The second-order valence-corrected chi connectivity index (χ2v) is 7.19. The zero-order valence-corrected chi connectivity index (χ0v) is 14.9. The van der Waals surface area contributed by atoms with E-state index in [0.717, 1.165) is 25.7 Å². The summed E-state index contributed by atoms with van der Waals surface area (Å²) in [4.78, 5) is 30.3. The van der Waals surface area contributed by atoms with Crippen LogP contribution in [0.5, 0.6) is 0 Å². The average Bonchev–Trinajstić information content (AvgIpc) is 3.40. The minimum Gasteiger partial charge on any atom is -0.480 e. The topological polar surface area (TPSA) is 88.3 Å². The lowest BCUT2D eigenvalue weighted by Crippen LogP contribution is -2.48. The van der Waals surface area contributed by atoms with Crippen molar-refractivity contribution in [3.8, 4) is 5.69 Å². The van der Waals surface area contributed by atoms with E-state index >= 15 is 0 Å². The molecule has 7 nitrogen and oxygen atoms in total. The van der Waals surface area contributed by atoms with E-state index in [1.165, 1.54) is 4.90 Å². The van der Waals surface area contributed by atoms with E-state index in [2.05, 4.69) is 10.1 Å². The van der Waals surface area contributed by atoms with Gasteiger partial charge in [0.15, 0.2) is 0 Å². The SMILES string of the molecule is O=C(O)[C@@H]1CCCCN1C(=O)c1nc(C2CC2)n(-c2ccccc2Cl)n1. The Balaban J connectivity index is 1.71. The van der Waals surface area contributed by atoms with Crippen LogP contribution >= 0.6 is 11.6 Å². The molecule has 0 bridgehead atoms. The van der Waals surface area contributed by atoms with Gasteiger partial charge in [0.2, 0.25) is 5.82 Å². The lowest BCUT2D eigenvalue weighted by molar-refractivity contribution is -0.143. The van der Waals surface area contributed by atoms with Crippen molar-refractivity contribution >= 4 is 23.5 Å². The van der Waals surface area contributed by atoms with Crippen molar-refractivity contribution in [2.45, 2.75) is 44.1 Å². The second-order valence-electron chi connectivity index (χ2n) is 6.78. The van der Waals surface area contributed by atoms with Gasteiger partial charge in [-0.15, -0.1) is 5.10 Å². The zero-order chi connectivity index (χ0) is 18.3. The number of amides is 1. The third-order valence-electron chi connectivity index (χ3n) is 4.90. The molecular formula is C18H19ClN4O3. The molecule has 136 valence electrons. The van der Waals surface area contributed by atoms with Crippen molar-refractivity contribution in [2.75, 3.05) is 6.54 Å². The summed E-state index contributed by atoms with van der Waals surface area (Å²) in [7, 11) is 0. The molecule has 0 unspecified atom stereocenters. The number of aromatic nitrogens is 3. The number of carbonyl (C=O) groups is 2. The molecule has 1 N–H and O–H groups in total. The van der Waals surface area contributed by atoms with Gasteiger partial charge < -0.3 is 10.0 Å². The average molecular weight is 375 g/mol. The number of halogens is 1. The van der Waals surface area contributed by atoms with E-state index in [1.54, 1.807) is 10.7 Å². The first-order valence-electron chi connectivity index (χ1n) is 8.82. The fourth-order valence-corrected chi connectivity index (χ4v) is 3.60. The monoisotopic (exact) mass is 374 g/mol. The van der Waals surface area contributed by atoms with E-state index < -0.39 is 17.9 Å². The molecule has 1 saturated heterocycles. The van der Waals surface area contributed by atoms with Crippen LogP contribution in [0.1, 0.15) is 54.5 Å². The standard InChI is InChI=1S/C18H19ClN4O3/c19-12-5-1-2-6-13(12)23-16(11-8-9-11)20-15(21-23)17(24)22-10-4-3-7-14(22)18(25)26/h1-2,5-6,11,14H,3-4,7-10H2,(H,25,26)/t14-/m0/s1. The van der Waals surface area contributed by atoms with Gasteiger partial charge in [-0.25, -0.2) is 14.5 Å². The van der Waals surface area contributed by atoms with Crippen LogP contribution in [-0.4, -0.2) is 49.2 Å². The summed E-state index contributed by atoms with van der Waals surface area (Å²) in [6.45, 7) is 0.412. The van der Waals surface area contributed by atoms with E-state index in [1.807, 2.05) is 18.2 Å². The molecule has 1 aliphatic carbocycles. The van der Waals surface area contributed by atoms with Gasteiger partial charge in [-0.1, -0.05) is 23.7 Å². The minimum absolute atomic E-state index is 0.0416. The van der Waals surface area contributed by atoms with Crippen LogP contribution in [0.3, 0.4) is 0 Å². The maximum atomic E-state index is 12.9. The van der Waals surface area contributed by atoms with Crippen LogP contribution in [0.4, 0.5) is 0 Å². The van der Waals surface area contributed by atoms with Gasteiger partial charge in [0.1, 0.15) is 11.9 Å². The van der Waals surface area contributed by atoms with Crippen LogP contribution < -0.4 is 0 Å². The number of carbonyl (C=O) groups excluding carboxylic acids is 1. The number of benzene rings is 1. The van der Waals surface area contributed by atoms with Crippen LogP contribution in [0.15, 0.2) is 24.3 Å². The summed E-state index contributed by atoms with van der Waals surface area (Å²) >= 11 is 6.30. The molecule has 0 radical (unpaired) electrons. The van der Waals surface area contributed by atoms with Crippen molar-refractivity contribution in [3.05, 3.63) is 40.9 Å². The van der Waals surface area contributed by atoms with Gasteiger partial charge in [-0.3, -0.25) is 4.79 Å². The molecule has 26 heavy (non-hydrogen) atoms. The maximum Gasteiger partial charge on any atom is 0.326 e. The normalized spacial score (nSPS) is 20.2. The quantitative estimate of drug-likeness (QED) is 0.888. The smallest absolute Gasteiger partial charge is 0.326 e. The van der Waals surface area contributed by atoms with E-state index in [-0.39, 0.29) is 11.7 Å². The molecule has 8 heteroatoms. The van der Waals surface area contributed by atoms with Crippen LogP contribution in [-0.2, 0) is 4.79 Å². The van der Waals surface area contributed by atoms with Gasteiger partial charge in [0, 0.05) is 12.5 Å². The molecule has 2 aromatic rings. The maximum absolute atomic E-state index is 12.9. The summed E-state index contributed by atoms with van der Waals surface area (Å²) in [6.07, 6.45) is 4.05. The van der Waals surface area contributed by atoms with Crippen LogP contribution in [0.2, 0.25) is 5.02 Å². The van der Waals surface area contributed by atoms with Crippen LogP contribution in [0.25, 0.3) is 5.69 Å². The number of para-hydroxylation sites is 1. The minimum atomic E-state index is -0.981. The Bertz CT molecular complexity index is 862. The predicted octanol–water partition coefficient (Wildman–Crippen LogP) is 2.88. The second kappa shape index (κ2) is 6.72. The number of nitrogens with zero attached hydrogens (tertiary/aromatic N) is 4. The zero-order valence-electron chi connectivity index (χ0n) is 14.1. The Morgan fingerprint density at radius 3 is 2.62 bits per heavy atom. The highest BCUT2D eigenvalue weighted by Crippen LogP contribution is 2.40. The van der Waals surface area contributed by atoms with Crippen molar-refractivity contribution < 1.29 is 14.7 Å². The molecule has 1 saturated carbocycles. The van der Waals surface area contributed by atoms with E-state index in [9.17, 15) is 14.7 Å². The molecule has 2 fully saturated rings. The number of carboxylic acids is 1. The molecule has 2 heterocycles. The Morgan fingerprint density at radius 1 is 1.15 bits per heavy atom. The Morgan fingerprint density at radius 2 is 1.92 bits per heavy atom. The molecule has 1 aliphatic heterocycles. The lowest BCUT2D eigenvalue weighted by atomic mass is 10.0. The molecule has 2 aliphatic rings. The highest BCUT2D eigenvalue weighted by Gasteiger charge is 2.37. The Kier molecular flexibility index (Phi) is 4.40. The summed E-state index contributed by atoms with van der Waals surface area (Å²) in [5.41, 5.74) is 0.677. The Labute approximate surface area is 155 Å². The number of rotatable bonds is 4. The number of aliphatic carboxylic acids is 1. The summed E-state index contributed by atoms with van der Waals surface area (Å²) in [5.74, 6) is -0.391. The van der Waals surface area contributed by atoms with Crippen molar-refractivity contribution in [1.82, 2.24) is 19.7 Å². The van der Waals surface area contributed by atoms with Crippen molar-refractivity contribution in [2.24, 2.45) is 0 Å². The fourth-order valence-electron chi connectivity index (χ4n) is 3.38. The third kappa shape index (κ3) is 3.07. The van der Waals surface area contributed by atoms with Gasteiger partial charge in [0.25, 0.3) is 5.91 Å². The molecule has 1 aromatic carbocycles. The molecular weight excluding hydrogens is 356 g/mol. The number of carboxylic acid groups (broad SMARTS) is 1. The highest BCUT2D eigenvalue weighted by molar-refractivity contribution is 6.32. The summed E-state index contributed by atoms with van der Waals surface area (Å²) in [6, 6.07) is 6.47. The molecule has 1 amide bonds. The van der Waals surface area contributed by atoms with Gasteiger partial charge in [0.05, 0.1) is 10.7 Å². The number of likely N-dealkylation sites (tertiary alicyclic amines) is 1. The summed E-state index contributed by atoms with van der Waals surface area (Å²) in [5, 5.41) is 14.4. The predicted molar refractivity (Wildman–Crippen MR) is 94.7 cm³/mol. The largest absolute Gasteiger partial charge is 0.480 e. The first-order valence-corrected chi connectivity index (χ1v) is 9.19. The van der Waals surface area contributed by atoms with E-state index in [4.69, 9.17) is 11.6 Å². The van der Waals surface area contributed by atoms with Gasteiger partial charge >= 0.3 is 5.97 Å². The Hall–Kier alpha value is -2.41. The number of hydrogen-bond donors (Lipinski definition) is 1. The molecule has 1 aromatic heterocycles. The van der Waals surface area contributed by atoms with Gasteiger partial charge in [-0.2, -0.15) is 0 Å². The first-order chi connectivity index (χ1) is 12.6. The lowest BCUT2D eigenvalue weighted by Gasteiger charge is -2.31. The highest BCUT2D eigenvalue weighted by atomic mass is 35.5. The van der Waals surface area contributed by atoms with E-state index in [0.29, 0.717) is 29.5 Å². The number of piperidine rings is 1. The summed E-state index contributed by atoms with van der Waals surface area (Å²) < 4.78 is 1.63.